The van der Waals surface area contributed by atoms with E-state index in [0.29, 0.717) is 6.54 Å². The zero-order chi connectivity index (χ0) is 10.9. The van der Waals surface area contributed by atoms with Gasteiger partial charge in [0, 0.05) is 18.6 Å². The molecule has 1 N–H and O–H groups in total. The summed E-state index contributed by atoms with van der Waals surface area (Å²) < 4.78 is 0. The van der Waals surface area contributed by atoms with Gasteiger partial charge in [-0.2, -0.15) is 0 Å². The third kappa shape index (κ3) is 2.71. The van der Waals surface area contributed by atoms with E-state index < -0.39 is 0 Å². The maximum absolute atomic E-state index is 11.8. The summed E-state index contributed by atoms with van der Waals surface area (Å²) in [5.41, 5.74) is 0.148. The largest absolute Gasteiger partial charge is 0.342 e. The third-order valence-corrected chi connectivity index (χ3v) is 3.75. The number of nitrogens with zero attached hydrogens (tertiary/aromatic N) is 1. The Morgan fingerprint density at radius 1 is 1.33 bits per heavy atom. The van der Waals surface area contributed by atoms with Gasteiger partial charge in [-0.3, -0.25) is 4.79 Å². The molecule has 3 heteroatoms. The topological polar surface area (TPSA) is 32.3 Å². The normalized spacial score (nSPS) is 22.1. The molecule has 0 unspecified atom stereocenters. The lowest BCUT2D eigenvalue weighted by Gasteiger charge is -2.27. The van der Waals surface area contributed by atoms with Crippen LogP contribution < -0.4 is 5.32 Å². The summed E-state index contributed by atoms with van der Waals surface area (Å²) in [5.74, 6) is 1.06. The molecule has 0 aromatic rings. The lowest BCUT2D eigenvalue weighted by atomic mass is 9.99. The lowest BCUT2D eigenvalue weighted by molar-refractivity contribution is -0.129. The summed E-state index contributed by atoms with van der Waals surface area (Å²) >= 11 is 0. The highest BCUT2D eigenvalue weighted by Crippen LogP contribution is 2.39. The Bertz CT molecular complexity index is 240. The van der Waals surface area contributed by atoms with E-state index in [0.717, 1.165) is 19.0 Å². The van der Waals surface area contributed by atoms with Gasteiger partial charge < -0.3 is 10.2 Å². The molecule has 2 fully saturated rings. The lowest BCUT2D eigenvalue weighted by Crippen LogP contribution is -2.47. The molecule has 0 spiro atoms. The van der Waals surface area contributed by atoms with Crippen molar-refractivity contribution in [3.8, 4) is 0 Å². The Labute approximate surface area is 92.2 Å². The highest BCUT2D eigenvalue weighted by molar-refractivity contribution is 5.78. The molecule has 86 valence electrons. The standard InChI is InChI=1S/C12H22N2O/c1-12(2,10-5-6-10)13-9-11(15)14-7-3-4-8-14/h10,13H,3-9H2,1-2H3. The van der Waals surface area contributed by atoms with E-state index in [1.165, 1.54) is 25.7 Å². The van der Waals surface area contributed by atoms with E-state index in [1.807, 2.05) is 4.90 Å². The number of amides is 1. The maximum atomic E-state index is 11.8. The highest BCUT2D eigenvalue weighted by Gasteiger charge is 2.37. The third-order valence-electron chi connectivity index (χ3n) is 3.75. The molecule has 1 aliphatic carbocycles. The molecule has 0 aromatic heterocycles. The predicted molar refractivity (Wildman–Crippen MR) is 60.6 cm³/mol. The molecule has 2 rings (SSSR count). The maximum Gasteiger partial charge on any atom is 0.236 e. The highest BCUT2D eigenvalue weighted by atomic mass is 16.2. The fraction of sp³-hybridized carbons (Fsp3) is 0.917. The van der Waals surface area contributed by atoms with Crippen LogP contribution in [0.5, 0.6) is 0 Å². The smallest absolute Gasteiger partial charge is 0.236 e. The molecule has 1 heterocycles. The van der Waals surface area contributed by atoms with E-state index in [1.54, 1.807) is 0 Å². The first-order chi connectivity index (χ1) is 7.09. The monoisotopic (exact) mass is 210 g/mol. The van der Waals surface area contributed by atoms with Gasteiger partial charge in [0.25, 0.3) is 0 Å². The van der Waals surface area contributed by atoms with Gasteiger partial charge in [0.2, 0.25) is 5.91 Å². The van der Waals surface area contributed by atoms with Crippen LogP contribution in [0, 0.1) is 5.92 Å². The molecule has 0 aromatic carbocycles. The van der Waals surface area contributed by atoms with E-state index in [-0.39, 0.29) is 11.4 Å². The quantitative estimate of drug-likeness (QED) is 0.760. The van der Waals surface area contributed by atoms with Crippen LogP contribution in [0.2, 0.25) is 0 Å². The summed E-state index contributed by atoms with van der Waals surface area (Å²) in [6, 6.07) is 0. The van der Waals surface area contributed by atoms with Crippen LogP contribution in [0.1, 0.15) is 39.5 Å². The fourth-order valence-corrected chi connectivity index (χ4v) is 2.33. The number of hydrogen-bond acceptors (Lipinski definition) is 2. The Kier molecular flexibility index (Phi) is 3.01. The first-order valence-electron chi connectivity index (χ1n) is 6.12. The van der Waals surface area contributed by atoms with Crippen LogP contribution in [0.4, 0.5) is 0 Å². The van der Waals surface area contributed by atoms with Gasteiger partial charge in [-0.1, -0.05) is 0 Å². The fourth-order valence-electron chi connectivity index (χ4n) is 2.33. The van der Waals surface area contributed by atoms with Crippen molar-refractivity contribution in [2.45, 2.75) is 45.1 Å². The molecule has 1 saturated heterocycles. The molecule has 1 saturated carbocycles. The zero-order valence-electron chi connectivity index (χ0n) is 9.88. The Morgan fingerprint density at radius 2 is 1.93 bits per heavy atom. The Balaban J connectivity index is 1.74. The number of carbonyl (C=O) groups is 1. The SMILES string of the molecule is CC(C)(NCC(=O)N1CCCC1)C1CC1. The molecule has 3 nitrogen and oxygen atoms in total. The van der Waals surface area contributed by atoms with Crippen molar-refractivity contribution in [1.82, 2.24) is 10.2 Å². The van der Waals surface area contributed by atoms with E-state index in [9.17, 15) is 4.79 Å². The van der Waals surface area contributed by atoms with Gasteiger partial charge >= 0.3 is 0 Å². The zero-order valence-corrected chi connectivity index (χ0v) is 9.88. The molecular weight excluding hydrogens is 188 g/mol. The summed E-state index contributed by atoms with van der Waals surface area (Å²) in [5, 5.41) is 3.41. The van der Waals surface area contributed by atoms with Crippen molar-refractivity contribution in [1.29, 1.82) is 0 Å². The molecule has 0 atom stereocenters. The summed E-state index contributed by atoms with van der Waals surface area (Å²) in [4.78, 5) is 13.8. The van der Waals surface area contributed by atoms with Gasteiger partial charge in [-0.25, -0.2) is 0 Å². The van der Waals surface area contributed by atoms with Crippen LogP contribution in [-0.4, -0.2) is 36.0 Å². The van der Waals surface area contributed by atoms with Gasteiger partial charge in [0.1, 0.15) is 0 Å². The van der Waals surface area contributed by atoms with Crippen molar-refractivity contribution in [2.75, 3.05) is 19.6 Å². The second-order valence-corrected chi connectivity index (χ2v) is 5.44. The summed E-state index contributed by atoms with van der Waals surface area (Å²) in [7, 11) is 0. The van der Waals surface area contributed by atoms with Gasteiger partial charge in [0.05, 0.1) is 6.54 Å². The Hall–Kier alpha value is -0.570. The minimum absolute atomic E-state index is 0.148. The average Bonchev–Trinajstić information content (AvgIpc) is 2.92. The number of hydrogen-bond donors (Lipinski definition) is 1. The van der Waals surface area contributed by atoms with Crippen molar-refractivity contribution >= 4 is 5.91 Å². The van der Waals surface area contributed by atoms with Crippen LogP contribution in [0.25, 0.3) is 0 Å². The van der Waals surface area contributed by atoms with Gasteiger partial charge in [-0.05, 0) is 45.4 Å². The number of rotatable bonds is 4. The van der Waals surface area contributed by atoms with Crippen LogP contribution >= 0.6 is 0 Å². The number of nitrogens with one attached hydrogen (secondary N) is 1. The number of likely N-dealkylation sites (tertiary alicyclic amines) is 1. The molecule has 0 radical (unpaired) electrons. The van der Waals surface area contributed by atoms with E-state index >= 15 is 0 Å². The molecule has 0 bridgehead atoms. The van der Waals surface area contributed by atoms with Crippen LogP contribution in [-0.2, 0) is 4.79 Å². The number of carbonyl (C=O) groups excluding carboxylic acids is 1. The second kappa shape index (κ2) is 4.12. The molecule has 1 amide bonds. The molecule has 15 heavy (non-hydrogen) atoms. The van der Waals surface area contributed by atoms with Crippen molar-refractivity contribution in [3.05, 3.63) is 0 Å². The summed E-state index contributed by atoms with van der Waals surface area (Å²) in [6.45, 7) is 6.86. The first kappa shape index (κ1) is 10.9. The Morgan fingerprint density at radius 3 is 2.47 bits per heavy atom. The van der Waals surface area contributed by atoms with E-state index in [4.69, 9.17) is 0 Å². The molecule has 1 aliphatic heterocycles. The predicted octanol–water partition coefficient (Wildman–Crippen LogP) is 1.39. The van der Waals surface area contributed by atoms with Gasteiger partial charge in [-0.15, -0.1) is 0 Å². The molecule has 2 aliphatic rings. The molecular formula is C12H22N2O. The summed E-state index contributed by atoms with van der Waals surface area (Å²) in [6.07, 6.45) is 4.99. The van der Waals surface area contributed by atoms with Gasteiger partial charge in [0.15, 0.2) is 0 Å². The van der Waals surface area contributed by atoms with Crippen molar-refractivity contribution < 1.29 is 4.79 Å². The second-order valence-electron chi connectivity index (χ2n) is 5.44. The van der Waals surface area contributed by atoms with Crippen LogP contribution in [0.15, 0.2) is 0 Å². The van der Waals surface area contributed by atoms with Crippen LogP contribution in [0.3, 0.4) is 0 Å². The minimum Gasteiger partial charge on any atom is -0.342 e. The average molecular weight is 210 g/mol. The van der Waals surface area contributed by atoms with Crippen molar-refractivity contribution in [3.63, 3.8) is 0 Å². The minimum atomic E-state index is 0.148. The van der Waals surface area contributed by atoms with Crippen molar-refractivity contribution in [2.24, 2.45) is 5.92 Å². The first-order valence-corrected chi connectivity index (χ1v) is 6.12. The van der Waals surface area contributed by atoms with E-state index in [2.05, 4.69) is 19.2 Å².